The molecule has 0 amide bonds. The summed E-state index contributed by atoms with van der Waals surface area (Å²) in [5, 5.41) is 11.2. The molecular formula is C23H21F4N5O. The number of halogens is 4. The van der Waals surface area contributed by atoms with Crippen molar-refractivity contribution in [3.63, 3.8) is 0 Å². The molecule has 1 saturated carbocycles. The molecule has 0 spiro atoms. The van der Waals surface area contributed by atoms with Crippen LogP contribution in [0.3, 0.4) is 0 Å². The zero-order chi connectivity index (χ0) is 23.0. The van der Waals surface area contributed by atoms with Gasteiger partial charge in [0.25, 0.3) is 0 Å². The van der Waals surface area contributed by atoms with Gasteiger partial charge in [-0.05, 0) is 48.6 Å². The maximum atomic E-state index is 14.1. The first-order valence-corrected chi connectivity index (χ1v) is 10.9. The van der Waals surface area contributed by atoms with E-state index in [2.05, 4.69) is 9.97 Å². The summed E-state index contributed by atoms with van der Waals surface area (Å²) in [6.07, 6.45) is -1.11. The second-order valence-corrected chi connectivity index (χ2v) is 9.24. The average Bonchev–Trinajstić information content (AvgIpc) is 3.61. The molecule has 6 rings (SSSR count). The number of hydrogen-bond donors (Lipinski definition) is 1. The van der Waals surface area contributed by atoms with Gasteiger partial charge in [-0.1, -0.05) is 0 Å². The van der Waals surface area contributed by atoms with Crippen molar-refractivity contribution in [1.29, 1.82) is 0 Å². The normalized spacial score (nSPS) is 20.0. The molecule has 1 aliphatic carbocycles. The second-order valence-electron chi connectivity index (χ2n) is 9.24. The third-order valence-corrected chi connectivity index (χ3v) is 6.84. The van der Waals surface area contributed by atoms with Gasteiger partial charge in [-0.15, -0.1) is 0 Å². The Bertz CT molecular complexity index is 1250. The van der Waals surface area contributed by atoms with E-state index in [-0.39, 0.29) is 6.54 Å². The fourth-order valence-corrected chi connectivity index (χ4v) is 4.85. The van der Waals surface area contributed by atoms with Gasteiger partial charge in [-0.2, -0.15) is 18.2 Å². The number of rotatable bonds is 3. The van der Waals surface area contributed by atoms with Crippen molar-refractivity contribution in [3.05, 3.63) is 53.1 Å². The van der Waals surface area contributed by atoms with Crippen LogP contribution in [0.2, 0.25) is 0 Å². The maximum Gasteiger partial charge on any atom is 0.417 e. The van der Waals surface area contributed by atoms with Gasteiger partial charge in [-0.25, -0.2) is 9.37 Å². The van der Waals surface area contributed by atoms with E-state index < -0.39 is 23.2 Å². The highest BCUT2D eigenvalue weighted by Gasteiger charge is 2.52. The van der Waals surface area contributed by atoms with E-state index in [0.717, 1.165) is 25.1 Å². The molecule has 6 nitrogen and oxygen atoms in total. The van der Waals surface area contributed by atoms with Gasteiger partial charge in [0.15, 0.2) is 0 Å². The molecule has 2 aromatic heterocycles. The highest BCUT2D eigenvalue weighted by molar-refractivity contribution is 5.91. The monoisotopic (exact) mass is 459 g/mol. The number of nitrogens with zero attached hydrogens (tertiary/aromatic N) is 5. The van der Waals surface area contributed by atoms with Crippen molar-refractivity contribution in [2.24, 2.45) is 5.92 Å². The first-order valence-electron chi connectivity index (χ1n) is 10.9. The van der Waals surface area contributed by atoms with Gasteiger partial charge in [0, 0.05) is 36.8 Å². The SMILES string of the molecule is OC1(C2CC2)CN(c2nc(N3CCc4ncc(C(F)(F)F)cc4C3)c3cc(F)ccc3n2)C1. The zero-order valence-electron chi connectivity index (χ0n) is 17.6. The summed E-state index contributed by atoms with van der Waals surface area (Å²) in [6, 6.07) is 5.38. The van der Waals surface area contributed by atoms with Crippen molar-refractivity contribution >= 4 is 22.7 Å². The fraction of sp³-hybridized carbons (Fsp3) is 0.435. The van der Waals surface area contributed by atoms with Crippen molar-refractivity contribution in [2.75, 3.05) is 29.4 Å². The Morgan fingerprint density at radius 2 is 1.85 bits per heavy atom. The van der Waals surface area contributed by atoms with Crippen LogP contribution in [0.4, 0.5) is 29.3 Å². The number of pyridine rings is 1. The van der Waals surface area contributed by atoms with Gasteiger partial charge < -0.3 is 14.9 Å². The number of benzene rings is 1. The van der Waals surface area contributed by atoms with E-state index >= 15 is 0 Å². The standard InChI is InChI=1S/C23H21F4N5O/c24-16-3-4-19-17(8-16)20(30-21(29-19)32-11-22(33,12-32)14-1-2-14)31-6-5-18-13(10-31)7-15(9-28-18)23(25,26)27/h3-4,7-9,14,33H,1-2,5-6,10-12H2. The number of aromatic nitrogens is 3. The minimum absolute atomic E-state index is 0.181. The second kappa shape index (κ2) is 6.99. The summed E-state index contributed by atoms with van der Waals surface area (Å²) < 4.78 is 53.7. The lowest BCUT2D eigenvalue weighted by Gasteiger charge is -2.47. The lowest BCUT2D eigenvalue weighted by atomic mass is 9.89. The number of aliphatic hydroxyl groups is 1. The van der Waals surface area contributed by atoms with Gasteiger partial charge in [0.2, 0.25) is 5.95 Å². The third-order valence-electron chi connectivity index (χ3n) is 6.84. The Labute approximate surface area is 186 Å². The Morgan fingerprint density at radius 1 is 1.06 bits per heavy atom. The lowest BCUT2D eigenvalue weighted by Crippen LogP contribution is -2.63. The predicted octanol–water partition coefficient (Wildman–Crippen LogP) is 3.71. The number of fused-ring (bicyclic) bond motifs is 2. The van der Waals surface area contributed by atoms with Crippen molar-refractivity contribution in [1.82, 2.24) is 15.0 Å². The molecule has 0 atom stereocenters. The molecule has 4 heterocycles. The van der Waals surface area contributed by atoms with E-state index in [1.54, 1.807) is 6.07 Å². The molecular weight excluding hydrogens is 438 g/mol. The van der Waals surface area contributed by atoms with Crippen LogP contribution in [-0.2, 0) is 19.1 Å². The molecule has 3 aromatic rings. The van der Waals surface area contributed by atoms with E-state index in [4.69, 9.17) is 4.98 Å². The molecule has 1 aromatic carbocycles. The van der Waals surface area contributed by atoms with E-state index in [1.807, 2.05) is 9.80 Å². The van der Waals surface area contributed by atoms with Gasteiger partial charge in [0.1, 0.15) is 17.2 Å². The minimum atomic E-state index is -4.47. The summed E-state index contributed by atoms with van der Waals surface area (Å²) in [6.45, 7) is 1.54. The number of alkyl halides is 3. The summed E-state index contributed by atoms with van der Waals surface area (Å²) in [4.78, 5) is 17.0. The van der Waals surface area contributed by atoms with E-state index in [1.165, 1.54) is 12.1 Å². The van der Waals surface area contributed by atoms with Gasteiger partial charge in [0.05, 0.1) is 24.2 Å². The smallest absolute Gasteiger partial charge is 0.386 e. The highest BCUT2D eigenvalue weighted by Crippen LogP contribution is 2.45. The molecule has 1 N–H and O–H groups in total. The number of β-amino-alcohol motifs (C(OH)–C–C–N with tert-alkyl or cyclic N) is 1. The largest absolute Gasteiger partial charge is 0.417 e. The van der Waals surface area contributed by atoms with Crippen LogP contribution in [0, 0.1) is 11.7 Å². The van der Waals surface area contributed by atoms with Gasteiger partial charge in [-0.3, -0.25) is 4.98 Å². The van der Waals surface area contributed by atoms with Crippen LogP contribution in [0.25, 0.3) is 10.9 Å². The summed E-state index contributed by atoms with van der Waals surface area (Å²) >= 11 is 0. The molecule has 172 valence electrons. The van der Waals surface area contributed by atoms with Crippen LogP contribution in [0.5, 0.6) is 0 Å². The van der Waals surface area contributed by atoms with Crippen LogP contribution in [-0.4, -0.2) is 45.3 Å². The number of anilines is 2. The molecule has 10 heteroatoms. The molecule has 0 radical (unpaired) electrons. The lowest BCUT2D eigenvalue weighted by molar-refractivity contribution is -0.137. The summed E-state index contributed by atoms with van der Waals surface area (Å²) in [7, 11) is 0. The maximum absolute atomic E-state index is 14.1. The van der Waals surface area contributed by atoms with Gasteiger partial charge >= 0.3 is 6.18 Å². The Morgan fingerprint density at radius 3 is 2.58 bits per heavy atom. The Kier molecular flexibility index (Phi) is 4.36. The zero-order valence-corrected chi connectivity index (χ0v) is 17.6. The van der Waals surface area contributed by atoms with Crippen molar-refractivity contribution < 1.29 is 22.7 Å². The fourth-order valence-electron chi connectivity index (χ4n) is 4.85. The molecule has 2 fully saturated rings. The first-order chi connectivity index (χ1) is 15.7. The van der Waals surface area contributed by atoms with Crippen LogP contribution < -0.4 is 9.80 Å². The molecule has 2 aliphatic heterocycles. The number of hydrogen-bond acceptors (Lipinski definition) is 6. The summed E-state index contributed by atoms with van der Waals surface area (Å²) in [5.41, 5.74) is 0.146. The van der Waals surface area contributed by atoms with Crippen molar-refractivity contribution in [2.45, 2.75) is 37.6 Å². The van der Waals surface area contributed by atoms with Crippen LogP contribution >= 0.6 is 0 Å². The van der Waals surface area contributed by atoms with Crippen LogP contribution in [0.1, 0.15) is 29.7 Å². The molecule has 0 bridgehead atoms. The van der Waals surface area contributed by atoms with E-state index in [0.29, 0.717) is 65.9 Å². The first kappa shape index (κ1) is 20.6. The minimum Gasteiger partial charge on any atom is -0.386 e. The predicted molar refractivity (Wildman–Crippen MR) is 113 cm³/mol. The average molecular weight is 459 g/mol. The third kappa shape index (κ3) is 3.56. The Hall–Kier alpha value is -3.01. The van der Waals surface area contributed by atoms with E-state index in [9.17, 15) is 22.7 Å². The van der Waals surface area contributed by atoms with Crippen LogP contribution in [0.15, 0.2) is 30.5 Å². The highest BCUT2D eigenvalue weighted by atomic mass is 19.4. The van der Waals surface area contributed by atoms with Crippen molar-refractivity contribution in [3.8, 4) is 0 Å². The molecule has 33 heavy (non-hydrogen) atoms. The Balaban J connectivity index is 1.37. The molecule has 0 unspecified atom stereocenters. The summed E-state index contributed by atoms with van der Waals surface area (Å²) in [5.74, 6) is 0.782. The quantitative estimate of drug-likeness (QED) is 0.603. The molecule has 3 aliphatic rings. The molecule has 1 saturated heterocycles. The topological polar surface area (TPSA) is 65.4 Å².